The Balaban J connectivity index is 2.99. The van der Waals surface area contributed by atoms with Crippen molar-refractivity contribution in [3.63, 3.8) is 0 Å². The Hall–Kier alpha value is -1.88. The van der Waals surface area contributed by atoms with Gasteiger partial charge in [0.25, 0.3) is 0 Å². The molecule has 5 nitrogen and oxygen atoms in total. The molecule has 0 aliphatic carbocycles. The van der Waals surface area contributed by atoms with Crippen LogP contribution in [0.2, 0.25) is 0 Å². The van der Waals surface area contributed by atoms with Crippen molar-refractivity contribution < 1.29 is 14.3 Å². The highest BCUT2D eigenvalue weighted by atomic mass is 16.5. The maximum Gasteiger partial charge on any atom is 0.338 e. The lowest BCUT2D eigenvalue weighted by Crippen LogP contribution is -2.33. The Morgan fingerprint density at radius 3 is 2.50 bits per heavy atom. The molecule has 0 aliphatic rings. The Bertz CT molecular complexity index is 498. The summed E-state index contributed by atoms with van der Waals surface area (Å²) in [5, 5.41) is 2.84. The Morgan fingerprint density at radius 1 is 1.35 bits per heavy atom. The van der Waals surface area contributed by atoms with Crippen molar-refractivity contribution in [2.75, 3.05) is 19.0 Å². The van der Waals surface area contributed by atoms with Gasteiger partial charge in [0.1, 0.15) is 0 Å². The molecular formula is C15H22N2O3. The molecule has 0 saturated carbocycles. The number of anilines is 1. The Labute approximate surface area is 119 Å². The number of hydrogen-bond donors (Lipinski definition) is 2. The number of carbonyl (C=O) groups is 2. The number of hydrogen-bond acceptors (Lipinski definition) is 4. The van der Waals surface area contributed by atoms with Gasteiger partial charge in [0.05, 0.1) is 18.6 Å². The summed E-state index contributed by atoms with van der Waals surface area (Å²) in [5.41, 5.74) is 7.37. The maximum atomic E-state index is 12.2. The van der Waals surface area contributed by atoms with Gasteiger partial charge >= 0.3 is 5.97 Å². The lowest BCUT2D eigenvalue weighted by atomic mass is 9.95. The molecule has 0 saturated heterocycles. The SMILES string of the molecule is COC(=O)c1cccc(NC(=O)C(CN)C(C)C)c1C. The molecule has 0 aliphatic heterocycles. The minimum atomic E-state index is -0.419. The van der Waals surface area contributed by atoms with E-state index in [0.717, 1.165) is 0 Å². The predicted octanol–water partition coefficient (Wildman–Crippen LogP) is 1.95. The molecular weight excluding hydrogens is 256 g/mol. The zero-order valence-electron chi connectivity index (χ0n) is 12.4. The minimum Gasteiger partial charge on any atom is -0.465 e. The zero-order valence-corrected chi connectivity index (χ0v) is 12.4. The van der Waals surface area contributed by atoms with Crippen molar-refractivity contribution in [3.8, 4) is 0 Å². The second-order valence-electron chi connectivity index (χ2n) is 5.05. The largest absolute Gasteiger partial charge is 0.465 e. The Kier molecular flexibility index (Phi) is 5.70. The quantitative estimate of drug-likeness (QED) is 0.807. The molecule has 5 heteroatoms. The average molecular weight is 278 g/mol. The number of esters is 1. The first-order chi connectivity index (χ1) is 9.42. The second kappa shape index (κ2) is 7.05. The van der Waals surface area contributed by atoms with Crippen molar-refractivity contribution in [2.24, 2.45) is 17.6 Å². The van der Waals surface area contributed by atoms with E-state index in [9.17, 15) is 9.59 Å². The highest BCUT2D eigenvalue weighted by Gasteiger charge is 2.21. The molecule has 0 bridgehead atoms. The molecule has 1 unspecified atom stereocenters. The molecule has 1 rings (SSSR count). The maximum absolute atomic E-state index is 12.2. The predicted molar refractivity (Wildman–Crippen MR) is 78.5 cm³/mol. The van der Waals surface area contributed by atoms with Gasteiger partial charge in [-0.1, -0.05) is 19.9 Å². The first kappa shape index (κ1) is 16.2. The lowest BCUT2D eigenvalue weighted by molar-refractivity contribution is -0.120. The highest BCUT2D eigenvalue weighted by Crippen LogP contribution is 2.21. The van der Waals surface area contributed by atoms with Crippen molar-refractivity contribution >= 4 is 17.6 Å². The van der Waals surface area contributed by atoms with Crippen LogP contribution in [0.3, 0.4) is 0 Å². The van der Waals surface area contributed by atoms with Crippen LogP contribution in [0.1, 0.15) is 29.8 Å². The summed E-state index contributed by atoms with van der Waals surface area (Å²) in [7, 11) is 1.33. The summed E-state index contributed by atoms with van der Waals surface area (Å²) in [6, 6.07) is 5.13. The smallest absolute Gasteiger partial charge is 0.338 e. The summed E-state index contributed by atoms with van der Waals surface area (Å²) < 4.78 is 4.71. The molecule has 110 valence electrons. The van der Waals surface area contributed by atoms with Gasteiger partial charge in [0.2, 0.25) is 5.91 Å². The number of methoxy groups -OCH3 is 1. The molecule has 0 heterocycles. The summed E-state index contributed by atoms with van der Waals surface area (Å²) in [4.78, 5) is 23.8. The zero-order chi connectivity index (χ0) is 15.3. The van der Waals surface area contributed by atoms with Crippen molar-refractivity contribution in [2.45, 2.75) is 20.8 Å². The number of benzene rings is 1. The van der Waals surface area contributed by atoms with Crippen molar-refractivity contribution in [1.29, 1.82) is 0 Å². The number of ether oxygens (including phenoxy) is 1. The van der Waals surface area contributed by atoms with Gasteiger partial charge in [0, 0.05) is 12.2 Å². The standard InChI is InChI=1S/C15H22N2O3/c1-9(2)12(8-16)14(18)17-13-7-5-6-11(10(13)3)15(19)20-4/h5-7,9,12H,8,16H2,1-4H3,(H,17,18). The number of carbonyl (C=O) groups excluding carboxylic acids is 2. The van der Waals surface area contributed by atoms with Gasteiger partial charge in [-0.2, -0.15) is 0 Å². The summed E-state index contributed by atoms with van der Waals surface area (Å²) in [5.74, 6) is -0.647. The van der Waals surface area contributed by atoms with Crippen molar-refractivity contribution in [1.82, 2.24) is 0 Å². The van der Waals surface area contributed by atoms with Crippen LogP contribution in [0.5, 0.6) is 0 Å². The van der Waals surface area contributed by atoms with Gasteiger partial charge in [-0.15, -0.1) is 0 Å². The topological polar surface area (TPSA) is 81.4 Å². The molecule has 1 amide bonds. The van der Waals surface area contributed by atoms with Gasteiger partial charge in [-0.05, 0) is 30.5 Å². The van der Waals surface area contributed by atoms with Crippen LogP contribution in [0.25, 0.3) is 0 Å². The van der Waals surface area contributed by atoms with Crippen LogP contribution in [0.4, 0.5) is 5.69 Å². The molecule has 20 heavy (non-hydrogen) atoms. The van der Waals surface area contributed by atoms with E-state index in [2.05, 4.69) is 5.32 Å². The van der Waals surface area contributed by atoms with Crippen LogP contribution in [-0.2, 0) is 9.53 Å². The second-order valence-corrected chi connectivity index (χ2v) is 5.05. The normalized spacial score (nSPS) is 12.1. The van der Waals surface area contributed by atoms with Crippen LogP contribution < -0.4 is 11.1 Å². The van der Waals surface area contributed by atoms with E-state index >= 15 is 0 Å². The van der Waals surface area contributed by atoms with E-state index < -0.39 is 5.97 Å². The highest BCUT2D eigenvalue weighted by molar-refractivity contribution is 5.97. The summed E-state index contributed by atoms with van der Waals surface area (Å²) in [6.07, 6.45) is 0. The number of nitrogens with one attached hydrogen (secondary N) is 1. The number of nitrogens with two attached hydrogens (primary N) is 1. The molecule has 1 aromatic rings. The van der Waals surface area contributed by atoms with Gasteiger partial charge in [-0.3, -0.25) is 4.79 Å². The van der Waals surface area contributed by atoms with Crippen LogP contribution >= 0.6 is 0 Å². The van der Waals surface area contributed by atoms with Crippen LogP contribution in [0.15, 0.2) is 18.2 Å². The lowest BCUT2D eigenvalue weighted by Gasteiger charge is -2.19. The monoisotopic (exact) mass is 278 g/mol. The van der Waals surface area contributed by atoms with E-state index in [-0.39, 0.29) is 17.7 Å². The van der Waals surface area contributed by atoms with E-state index in [0.29, 0.717) is 23.4 Å². The first-order valence-corrected chi connectivity index (χ1v) is 6.61. The molecule has 0 spiro atoms. The molecule has 3 N–H and O–H groups in total. The third kappa shape index (κ3) is 3.57. The molecule has 0 aromatic heterocycles. The molecule has 1 atom stereocenters. The minimum absolute atomic E-state index is 0.132. The first-order valence-electron chi connectivity index (χ1n) is 6.61. The van der Waals surface area contributed by atoms with Gasteiger partial charge < -0.3 is 15.8 Å². The Morgan fingerprint density at radius 2 is 2.00 bits per heavy atom. The van der Waals surface area contributed by atoms with E-state index in [1.807, 2.05) is 13.8 Å². The molecule has 0 fully saturated rings. The number of rotatable bonds is 5. The van der Waals surface area contributed by atoms with Crippen LogP contribution in [0, 0.1) is 18.8 Å². The van der Waals surface area contributed by atoms with E-state index in [1.54, 1.807) is 25.1 Å². The fourth-order valence-electron chi connectivity index (χ4n) is 2.01. The molecule has 0 radical (unpaired) electrons. The van der Waals surface area contributed by atoms with E-state index in [4.69, 9.17) is 10.5 Å². The third-order valence-corrected chi connectivity index (χ3v) is 3.39. The number of amides is 1. The molecule has 1 aromatic carbocycles. The fraction of sp³-hybridized carbons (Fsp3) is 0.467. The average Bonchev–Trinajstić information content (AvgIpc) is 2.40. The van der Waals surface area contributed by atoms with Crippen molar-refractivity contribution in [3.05, 3.63) is 29.3 Å². The van der Waals surface area contributed by atoms with E-state index in [1.165, 1.54) is 7.11 Å². The third-order valence-electron chi connectivity index (χ3n) is 3.39. The fourth-order valence-corrected chi connectivity index (χ4v) is 2.01. The van der Waals surface area contributed by atoms with Gasteiger partial charge in [0.15, 0.2) is 0 Å². The summed E-state index contributed by atoms with van der Waals surface area (Å²) in [6.45, 7) is 5.97. The summed E-state index contributed by atoms with van der Waals surface area (Å²) >= 11 is 0. The van der Waals surface area contributed by atoms with Crippen LogP contribution in [-0.4, -0.2) is 25.5 Å². The van der Waals surface area contributed by atoms with Gasteiger partial charge in [-0.25, -0.2) is 4.79 Å².